The summed E-state index contributed by atoms with van der Waals surface area (Å²) in [6.45, 7) is 10.9. The summed E-state index contributed by atoms with van der Waals surface area (Å²) < 4.78 is 0. The van der Waals surface area contributed by atoms with Crippen LogP contribution in [0.3, 0.4) is 0 Å². The fraction of sp³-hybridized carbons (Fsp3) is 0.778. The Morgan fingerprint density at radius 1 is 1.22 bits per heavy atom. The molecule has 0 saturated heterocycles. The largest absolute Gasteiger partial charge is 0.0882 e. The average Bonchev–Trinajstić information content (AvgIpc) is 1.62. The van der Waals surface area contributed by atoms with Crippen molar-refractivity contribution in [2.24, 2.45) is 5.41 Å². The summed E-state index contributed by atoms with van der Waals surface area (Å²) in [6, 6.07) is 0. The third-order valence-corrected chi connectivity index (χ3v) is 1.62. The topological polar surface area (TPSA) is 0 Å². The molecular weight excluding hydrogens is 108 g/mol. The molecule has 0 bridgehead atoms. The third-order valence-electron chi connectivity index (χ3n) is 1.62. The van der Waals surface area contributed by atoms with Gasteiger partial charge >= 0.3 is 0 Å². The van der Waals surface area contributed by atoms with Crippen molar-refractivity contribution >= 4 is 0 Å². The molecule has 0 heterocycles. The van der Waals surface area contributed by atoms with Crippen LogP contribution in [0.5, 0.6) is 0 Å². The van der Waals surface area contributed by atoms with E-state index in [0.29, 0.717) is 5.41 Å². The summed E-state index contributed by atoms with van der Waals surface area (Å²) in [5.74, 6) is 0. The average molecular weight is 128 g/mol. The zero-order valence-electron chi connectivity index (χ0n) is 6.58. The van der Waals surface area contributed by atoms with Gasteiger partial charge in [0, 0.05) is 0 Å². The van der Waals surface area contributed by atoms with Gasteiger partial charge in [0.15, 0.2) is 0 Å². The first-order valence-electron chi connectivity index (χ1n) is 3.12. The molecule has 9 heavy (non-hydrogen) atoms. The summed E-state index contributed by atoms with van der Waals surface area (Å²) >= 11 is 0. The molecule has 0 aliphatic rings. The van der Waals surface area contributed by atoms with Crippen molar-refractivity contribution in [3.63, 3.8) is 0 Å². The Labute approximate surface area is 60.0 Å². The fourth-order valence-electron chi connectivity index (χ4n) is 0.433. The Kier molecular flexibility index (Phi) is 4.75. The highest BCUT2D eigenvalue weighted by Gasteiger charge is 2.09. The van der Waals surface area contributed by atoms with Crippen molar-refractivity contribution < 1.29 is 0 Å². The van der Waals surface area contributed by atoms with E-state index in [1.54, 1.807) is 0 Å². The molecule has 56 valence electrons. The zero-order chi connectivity index (χ0) is 6.78. The lowest BCUT2D eigenvalue weighted by Gasteiger charge is -2.18. The van der Waals surface area contributed by atoms with Crippen molar-refractivity contribution in [2.45, 2.75) is 42.0 Å². The Morgan fingerprint density at radius 3 is 1.56 bits per heavy atom. The van der Waals surface area contributed by atoms with Crippen molar-refractivity contribution in [2.75, 3.05) is 0 Å². The number of allylic oxidation sites excluding steroid dienone is 2. The van der Waals surface area contributed by atoms with E-state index in [1.165, 1.54) is 5.57 Å². The number of hydrogen-bond acceptors (Lipinski definition) is 0. The lowest BCUT2D eigenvalue weighted by atomic mass is 9.88. The van der Waals surface area contributed by atoms with Crippen molar-refractivity contribution in [3.8, 4) is 0 Å². The van der Waals surface area contributed by atoms with Crippen LogP contribution in [0.15, 0.2) is 11.6 Å². The molecule has 0 rings (SSSR count). The van der Waals surface area contributed by atoms with Crippen LogP contribution in [0.4, 0.5) is 0 Å². The lowest BCUT2D eigenvalue weighted by Crippen LogP contribution is -2.05. The number of rotatable bonds is 0. The van der Waals surface area contributed by atoms with Crippen LogP contribution in [0, 0.1) is 5.41 Å². The van der Waals surface area contributed by atoms with E-state index in [0.717, 1.165) is 0 Å². The van der Waals surface area contributed by atoms with Gasteiger partial charge in [0.05, 0.1) is 0 Å². The minimum absolute atomic E-state index is 0. The molecule has 0 fully saturated rings. The molecule has 0 unspecified atom stereocenters. The summed E-state index contributed by atoms with van der Waals surface area (Å²) in [5, 5.41) is 0. The van der Waals surface area contributed by atoms with Gasteiger partial charge in [-0.05, 0) is 19.3 Å². The van der Waals surface area contributed by atoms with E-state index in [-0.39, 0.29) is 7.43 Å². The van der Waals surface area contributed by atoms with Crippen LogP contribution in [-0.4, -0.2) is 0 Å². The number of hydrogen-bond donors (Lipinski definition) is 0. The summed E-state index contributed by atoms with van der Waals surface area (Å²) in [5.41, 5.74) is 1.83. The molecule has 0 aromatic rings. The Hall–Kier alpha value is -0.260. The summed E-state index contributed by atoms with van der Waals surface area (Å²) in [4.78, 5) is 0. The maximum Gasteiger partial charge on any atom is -0.0176 e. The molecule has 0 aromatic carbocycles. The van der Waals surface area contributed by atoms with Gasteiger partial charge in [0.1, 0.15) is 0 Å². The fourth-order valence-corrected chi connectivity index (χ4v) is 0.433. The van der Waals surface area contributed by atoms with Crippen LogP contribution < -0.4 is 0 Å². The highest BCUT2D eigenvalue weighted by atomic mass is 14.1. The summed E-state index contributed by atoms with van der Waals surface area (Å²) in [6.07, 6.45) is 2.17. The standard InChI is InChI=1S/C8H16.CH4/c1-6-7(2)8(3,4)5;/h6H,1-5H3;1H4/b7-6+;. The van der Waals surface area contributed by atoms with E-state index < -0.39 is 0 Å². The Morgan fingerprint density at radius 2 is 1.56 bits per heavy atom. The van der Waals surface area contributed by atoms with Crippen LogP contribution >= 0.6 is 0 Å². The molecule has 0 saturated carbocycles. The second-order valence-corrected chi connectivity index (χ2v) is 3.22. The van der Waals surface area contributed by atoms with Gasteiger partial charge in [-0.1, -0.05) is 39.8 Å². The predicted octanol–water partition coefficient (Wildman–Crippen LogP) is 3.63. The Balaban J connectivity index is 0. The molecule has 0 atom stereocenters. The first-order valence-corrected chi connectivity index (χ1v) is 3.12. The van der Waals surface area contributed by atoms with Gasteiger partial charge in [0.2, 0.25) is 0 Å². The zero-order valence-corrected chi connectivity index (χ0v) is 6.58. The van der Waals surface area contributed by atoms with E-state index in [1.807, 2.05) is 0 Å². The van der Waals surface area contributed by atoms with Crippen molar-refractivity contribution in [3.05, 3.63) is 11.6 Å². The maximum atomic E-state index is 2.22. The molecule has 0 aliphatic heterocycles. The normalized spacial score (nSPS) is 12.8. The predicted molar refractivity (Wildman–Crippen MR) is 45.6 cm³/mol. The first-order chi connectivity index (χ1) is 3.48. The molecule has 0 N–H and O–H groups in total. The quantitative estimate of drug-likeness (QED) is 0.437. The molecule has 0 amide bonds. The minimum atomic E-state index is 0. The van der Waals surface area contributed by atoms with Gasteiger partial charge < -0.3 is 0 Å². The van der Waals surface area contributed by atoms with Crippen LogP contribution in [0.2, 0.25) is 0 Å². The molecule has 0 heteroatoms. The molecule has 0 aliphatic carbocycles. The van der Waals surface area contributed by atoms with Crippen molar-refractivity contribution in [1.29, 1.82) is 0 Å². The van der Waals surface area contributed by atoms with Crippen molar-refractivity contribution in [1.82, 2.24) is 0 Å². The first kappa shape index (κ1) is 11.5. The van der Waals surface area contributed by atoms with E-state index in [4.69, 9.17) is 0 Å². The molecule has 0 nitrogen and oxygen atoms in total. The Bertz CT molecular complexity index is 91.1. The smallest absolute Gasteiger partial charge is 0.0176 e. The van der Waals surface area contributed by atoms with E-state index >= 15 is 0 Å². The highest BCUT2D eigenvalue weighted by Crippen LogP contribution is 2.23. The third kappa shape index (κ3) is 4.26. The SMILES string of the molecule is C.C/C=C(\C)C(C)(C)C. The second kappa shape index (κ2) is 3.71. The van der Waals surface area contributed by atoms with Gasteiger partial charge in [-0.25, -0.2) is 0 Å². The summed E-state index contributed by atoms with van der Waals surface area (Å²) in [7, 11) is 0. The molecular formula is C9H20. The van der Waals surface area contributed by atoms with Gasteiger partial charge in [0.25, 0.3) is 0 Å². The van der Waals surface area contributed by atoms with Crippen LogP contribution in [-0.2, 0) is 0 Å². The molecule has 0 spiro atoms. The maximum absolute atomic E-state index is 2.22. The van der Waals surface area contributed by atoms with Gasteiger partial charge in [-0.3, -0.25) is 0 Å². The molecule has 0 radical (unpaired) electrons. The van der Waals surface area contributed by atoms with E-state index in [2.05, 4.69) is 40.7 Å². The minimum Gasteiger partial charge on any atom is -0.0882 e. The van der Waals surface area contributed by atoms with Crippen LogP contribution in [0.25, 0.3) is 0 Å². The van der Waals surface area contributed by atoms with Gasteiger partial charge in [-0.15, -0.1) is 0 Å². The monoisotopic (exact) mass is 128 g/mol. The van der Waals surface area contributed by atoms with Crippen LogP contribution in [0.1, 0.15) is 42.0 Å². The highest BCUT2D eigenvalue weighted by molar-refractivity contribution is 5.05. The second-order valence-electron chi connectivity index (χ2n) is 3.22. The lowest BCUT2D eigenvalue weighted by molar-refractivity contribution is 0.503. The van der Waals surface area contributed by atoms with Gasteiger partial charge in [-0.2, -0.15) is 0 Å². The molecule has 0 aromatic heterocycles. The van der Waals surface area contributed by atoms with E-state index in [9.17, 15) is 0 Å².